The number of fused-ring (bicyclic) bond motifs is 1. The highest BCUT2D eigenvalue weighted by molar-refractivity contribution is 5.46. The molecular weight excluding hydrogens is 306 g/mol. The van der Waals surface area contributed by atoms with E-state index in [0.717, 1.165) is 13.1 Å². The summed E-state index contributed by atoms with van der Waals surface area (Å²) in [6.45, 7) is 9.39. The Morgan fingerprint density at radius 1 is 1.08 bits per heavy atom. The Kier molecular flexibility index (Phi) is 4.90. The fourth-order valence-electron chi connectivity index (χ4n) is 3.62. The Balaban J connectivity index is 1.81. The van der Waals surface area contributed by atoms with Crippen LogP contribution in [0.2, 0.25) is 0 Å². The van der Waals surface area contributed by atoms with Crippen LogP contribution in [-0.4, -0.2) is 25.5 Å². The third-order valence-electron chi connectivity index (χ3n) is 5.25. The van der Waals surface area contributed by atoms with Gasteiger partial charge in [-0.3, -0.25) is 4.90 Å². The van der Waals surface area contributed by atoms with Gasteiger partial charge in [0.1, 0.15) is 0 Å². The molecule has 3 nitrogen and oxygen atoms in total. The van der Waals surface area contributed by atoms with E-state index in [1.165, 1.54) is 27.9 Å². The summed E-state index contributed by atoms with van der Waals surface area (Å²) < 4.78 is 0. The predicted molar refractivity (Wildman–Crippen MR) is 107 cm³/mol. The van der Waals surface area contributed by atoms with Crippen molar-refractivity contribution in [1.29, 1.82) is 0 Å². The highest BCUT2D eigenvalue weighted by atomic mass is 15.2. The first-order valence-corrected chi connectivity index (χ1v) is 9.13. The van der Waals surface area contributed by atoms with Gasteiger partial charge in [-0.05, 0) is 39.8 Å². The molecule has 3 heteroatoms. The van der Waals surface area contributed by atoms with Gasteiger partial charge in [-0.25, -0.2) is 0 Å². The lowest BCUT2D eigenvalue weighted by Crippen LogP contribution is -2.27. The largest absolute Gasteiger partial charge is 0.378 e. The van der Waals surface area contributed by atoms with Crippen LogP contribution in [0.15, 0.2) is 42.5 Å². The van der Waals surface area contributed by atoms with Crippen molar-refractivity contribution >= 4 is 5.69 Å². The summed E-state index contributed by atoms with van der Waals surface area (Å²) in [6.07, 6.45) is 0. The third kappa shape index (κ3) is 3.73. The number of hydrogen-bond donors (Lipinski definition) is 1. The maximum atomic E-state index is 6.17. The van der Waals surface area contributed by atoms with Gasteiger partial charge in [0, 0.05) is 45.5 Å². The molecule has 1 atom stereocenters. The van der Waals surface area contributed by atoms with E-state index in [2.05, 4.69) is 87.1 Å². The van der Waals surface area contributed by atoms with E-state index in [-0.39, 0.29) is 5.41 Å². The molecule has 0 amide bonds. The quantitative estimate of drug-likeness (QED) is 0.913. The van der Waals surface area contributed by atoms with Crippen LogP contribution in [0.25, 0.3) is 0 Å². The molecule has 1 aliphatic heterocycles. The second kappa shape index (κ2) is 6.81. The van der Waals surface area contributed by atoms with Crippen molar-refractivity contribution in [3.8, 4) is 0 Å². The molecule has 0 spiro atoms. The van der Waals surface area contributed by atoms with Crippen molar-refractivity contribution in [3.05, 3.63) is 64.7 Å². The molecule has 2 N–H and O–H groups in total. The van der Waals surface area contributed by atoms with Crippen LogP contribution in [0.1, 0.15) is 49.1 Å². The second-order valence-electron chi connectivity index (χ2n) is 8.38. The molecule has 1 unspecified atom stereocenters. The normalized spacial score (nSPS) is 17.6. The van der Waals surface area contributed by atoms with E-state index in [1.54, 1.807) is 0 Å². The van der Waals surface area contributed by atoms with E-state index in [4.69, 9.17) is 5.73 Å². The Bertz CT molecular complexity index is 726. The van der Waals surface area contributed by atoms with Crippen LogP contribution < -0.4 is 10.6 Å². The molecule has 0 saturated heterocycles. The first kappa shape index (κ1) is 18.0. The van der Waals surface area contributed by atoms with Crippen molar-refractivity contribution in [2.75, 3.05) is 25.5 Å². The molecule has 0 bridgehead atoms. The molecule has 0 aliphatic carbocycles. The molecule has 1 heterocycles. The highest BCUT2D eigenvalue weighted by Gasteiger charge is 2.30. The summed E-state index contributed by atoms with van der Waals surface area (Å²) in [5.41, 5.74) is 13.1. The average Bonchev–Trinajstić information content (AvgIpc) is 2.90. The lowest BCUT2D eigenvalue weighted by Gasteiger charge is -2.25. The van der Waals surface area contributed by atoms with Gasteiger partial charge in [0.05, 0.1) is 0 Å². The number of nitrogens with two attached hydrogens (primary N) is 1. The molecule has 0 radical (unpaired) electrons. The molecule has 2 aromatic carbocycles. The van der Waals surface area contributed by atoms with Gasteiger partial charge in [0.2, 0.25) is 0 Å². The Morgan fingerprint density at radius 3 is 2.32 bits per heavy atom. The molecule has 2 aromatic rings. The summed E-state index contributed by atoms with van der Waals surface area (Å²) in [6, 6.07) is 16.1. The van der Waals surface area contributed by atoms with Crippen molar-refractivity contribution in [2.45, 2.75) is 45.3 Å². The fraction of sp³-hybridized carbons (Fsp3) is 0.455. The topological polar surface area (TPSA) is 32.5 Å². The maximum absolute atomic E-state index is 6.17. The van der Waals surface area contributed by atoms with Gasteiger partial charge < -0.3 is 10.6 Å². The first-order valence-electron chi connectivity index (χ1n) is 9.13. The minimum atomic E-state index is 0.170. The number of hydrogen-bond acceptors (Lipinski definition) is 3. The summed E-state index contributed by atoms with van der Waals surface area (Å²) in [7, 11) is 4.15. The molecule has 0 aromatic heterocycles. The minimum Gasteiger partial charge on any atom is -0.378 e. The van der Waals surface area contributed by atoms with Gasteiger partial charge in [0.15, 0.2) is 0 Å². The zero-order valence-corrected chi connectivity index (χ0v) is 16.2. The monoisotopic (exact) mass is 337 g/mol. The standard InChI is InChI=1S/C22H31N3/c1-22(2,3)18-9-8-17-15-25(21(13-23)20(17)12-18)14-16-6-10-19(11-7-16)24(4)5/h6-12,21H,13-15,23H2,1-5H3. The molecule has 1 aliphatic rings. The van der Waals surface area contributed by atoms with Gasteiger partial charge in [-0.15, -0.1) is 0 Å². The van der Waals surface area contributed by atoms with E-state index in [9.17, 15) is 0 Å². The Morgan fingerprint density at radius 2 is 1.76 bits per heavy atom. The lowest BCUT2D eigenvalue weighted by molar-refractivity contribution is 0.211. The van der Waals surface area contributed by atoms with E-state index in [0.29, 0.717) is 12.6 Å². The van der Waals surface area contributed by atoms with Crippen LogP contribution in [0, 0.1) is 0 Å². The Labute approximate surface area is 152 Å². The summed E-state index contributed by atoms with van der Waals surface area (Å²) in [4.78, 5) is 4.63. The van der Waals surface area contributed by atoms with Crippen molar-refractivity contribution < 1.29 is 0 Å². The van der Waals surface area contributed by atoms with Gasteiger partial charge in [-0.2, -0.15) is 0 Å². The van der Waals surface area contributed by atoms with Gasteiger partial charge in [-0.1, -0.05) is 51.1 Å². The lowest BCUT2D eigenvalue weighted by atomic mass is 9.85. The van der Waals surface area contributed by atoms with Gasteiger partial charge >= 0.3 is 0 Å². The van der Waals surface area contributed by atoms with Crippen LogP contribution in [-0.2, 0) is 18.5 Å². The number of rotatable bonds is 4. The van der Waals surface area contributed by atoms with E-state index in [1.807, 2.05) is 0 Å². The van der Waals surface area contributed by atoms with Crippen molar-refractivity contribution in [1.82, 2.24) is 4.90 Å². The summed E-state index contributed by atoms with van der Waals surface area (Å²) in [5, 5.41) is 0. The number of anilines is 1. The summed E-state index contributed by atoms with van der Waals surface area (Å²) >= 11 is 0. The Hall–Kier alpha value is -1.84. The minimum absolute atomic E-state index is 0.170. The van der Waals surface area contributed by atoms with Crippen molar-refractivity contribution in [3.63, 3.8) is 0 Å². The zero-order chi connectivity index (χ0) is 18.2. The SMILES string of the molecule is CN(C)c1ccc(CN2Cc3ccc(C(C)(C)C)cc3C2CN)cc1. The molecule has 134 valence electrons. The van der Waals surface area contributed by atoms with Crippen LogP contribution >= 0.6 is 0 Å². The van der Waals surface area contributed by atoms with Crippen molar-refractivity contribution in [2.24, 2.45) is 5.73 Å². The number of nitrogens with zero attached hydrogens (tertiary/aromatic N) is 2. The average molecular weight is 338 g/mol. The molecular formula is C22H31N3. The predicted octanol–water partition coefficient (Wildman–Crippen LogP) is 4.07. The zero-order valence-electron chi connectivity index (χ0n) is 16.2. The fourth-order valence-corrected chi connectivity index (χ4v) is 3.62. The molecule has 3 rings (SSSR count). The summed E-state index contributed by atoms with van der Waals surface area (Å²) in [5.74, 6) is 0. The van der Waals surface area contributed by atoms with Crippen LogP contribution in [0.3, 0.4) is 0 Å². The second-order valence-corrected chi connectivity index (χ2v) is 8.38. The van der Waals surface area contributed by atoms with E-state index >= 15 is 0 Å². The molecule has 25 heavy (non-hydrogen) atoms. The van der Waals surface area contributed by atoms with Gasteiger partial charge in [0.25, 0.3) is 0 Å². The first-order chi connectivity index (χ1) is 11.8. The highest BCUT2D eigenvalue weighted by Crippen LogP contribution is 2.37. The molecule has 0 fully saturated rings. The molecule has 0 saturated carbocycles. The van der Waals surface area contributed by atoms with Crippen LogP contribution in [0.5, 0.6) is 0 Å². The van der Waals surface area contributed by atoms with E-state index < -0.39 is 0 Å². The van der Waals surface area contributed by atoms with Crippen LogP contribution in [0.4, 0.5) is 5.69 Å². The smallest absolute Gasteiger partial charge is 0.0480 e. The maximum Gasteiger partial charge on any atom is 0.0480 e. The number of benzene rings is 2. The third-order valence-corrected chi connectivity index (χ3v) is 5.25.